The van der Waals surface area contributed by atoms with Gasteiger partial charge in [-0.2, -0.15) is 8.42 Å². The molecule has 0 saturated carbocycles. The molecule has 3 aromatic rings. The Kier molecular flexibility index (Phi) is 7.78. The third kappa shape index (κ3) is 6.15. The Morgan fingerprint density at radius 2 is 2.07 bits per heavy atom. The Morgan fingerprint density at radius 3 is 2.66 bits per heavy atom. The number of aliphatic carboxylic acids is 1. The van der Waals surface area contributed by atoms with Gasteiger partial charge < -0.3 is 21.0 Å². The Hall–Kier alpha value is -4.49. The maximum Gasteiger partial charge on any atom is 0.362 e. The van der Waals surface area contributed by atoms with E-state index in [1.807, 2.05) is 37.0 Å². The highest BCUT2D eigenvalue weighted by Crippen LogP contribution is 2.26. The number of carboxylic acid groups (broad SMARTS) is 1. The van der Waals surface area contributed by atoms with Gasteiger partial charge in [-0.3, -0.25) is 14.1 Å². The van der Waals surface area contributed by atoms with Crippen molar-refractivity contribution in [2.75, 3.05) is 5.73 Å². The van der Waals surface area contributed by atoms with Crippen LogP contribution in [0.1, 0.15) is 25.1 Å². The summed E-state index contributed by atoms with van der Waals surface area (Å²) in [5.74, 6) is -3.54. The third-order valence-corrected chi connectivity index (χ3v) is 7.67. The lowest BCUT2D eigenvalue weighted by Gasteiger charge is -2.43. The Labute approximate surface area is 237 Å². The van der Waals surface area contributed by atoms with Gasteiger partial charge in [0.1, 0.15) is 24.5 Å². The van der Waals surface area contributed by atoms with E-state index in [1.165, 1.54) is 30.1 Å². The molecule has 19 heteroatoms. The van der Waals surface area contributed by atoms with Crippen LogP contribution in [0.2, 0.25) is 0 Å². The average Bonchev–Trinajstić information content (AvgIpc) is 3.50. The van der Waals surface area contributed by atoms with Gasteiger partial charge >= 0.3 is 16.3 Å². The standard InChI is InChI=1S/C22H25N9O8S2/c1-11-7-29(4)6-5-12(11)13-8-30(28-26-13)9-15-17(19(33)31(15)41(36,37)38)25-18(32)16(14-10-40-21(23)24-14)27-39-22(2,3)20(34)35/h5-8,10,15,17H,9H2,1-4H3,(H4-,23,24,25,32,34,35,36,37,38)/p+1. The number of aromatic nitrogens is 5. The van der Waals surface area contributed by atoms with E-state index < -0.39 is 51.5 Å². The number of nitrogens with one attached hydrogen (secondary N) is 1. The fourth-order valence-corrected chi connectivity index (χ4v) is 5.30. The van der Waals surface area contributed by atoms with Crippen LogP contribution in [0.25, 0.3) is 11.3 Å². The van der Waals surface area contributed by atoms with Crippen LogP contribution in [0.15, 0.2) is 35.2 Å². The lowest BCUT2D eigenvalue weighted by Crippen LogP contribution is -2.73. The summed E-state index contributed by atoms with van der Waals surface area (Å²) in [4.78, 5) is 46.4. The number of carbonyl (C=O) groups is 3. The van der Waals surface area contributed by atoms with Crippen molar-refractivity contribution in [2.24, 2.45) is 12.2 Å². The summed E-state index contributed by atoms with van der Waals surface area (Å²) >= 11 is 0.964. The third-order valence-electron chi connectivity index (χ3n) is 6.05. The minimum atomic E-state index is -5.00. The first kappa shape index (κ1) is 29.5. The van der Waals surface area contributed by atoms with Crippen molar-refractivity contribution in [3.63, 3.8) is 0 Å². The van der Waals surface area contributed by atoms with Crippen molar-refractivity contribution in [1.82, 2.24) is 29.6 Å². The van der Waals surface area contributed by atoms with Crippen LogP contribution in [0, 0.1) is 6.92 Å². The molecule has 0 aromatic carbocycles. The second-order valence-corrected chi connectivity index (χ2v) is 11.8. The minimum Gasteiger partial charge on any atom is -0.478 e. The molecule has 17 nitrogen and oxygen atoms in total. The minimum absolute atomic E-state index is 0.0672. The summed E-state index contributed by atoms with van der Waals surface area (Å²) in [6.07, 6.45) is 5.22. The largest absolute Gasteiger partial charge is 0.478 e. The van der Waals surface area contributed by atoms with Crippen LogP contribution in [-0.2, 0) is 43.1 Å². The SMILES string of the molecule is Cc1c[n+](C)ccc1-c1cn(CC2C(NC(=O)C(=NOC(C)(C)C(=O)O)c3csc(N)n3)C(=O)N2S(=O)(=O)O)nn1. The number of nitrogen functional groups attached to an aromatic ring is 1. The van der Waals surface area contributed by atoms with E-state index in [2.05, 4.69) is 25.8 Å². The average molecular weight is 609 g/mol. The maximum absolute atomic E-state index is 13.2. The van der Waals surface area contributed by atoms with Gasteiger partial charge in [0, 0.05) is 22.6 Å². The van der Waals surface area contributed by atoms with Gasteiger partial charge in [-0.1, -0.05) is 10.4 Å². The first-order valence-corrected chi connectivity index (χ1v) is 14.0. The van der Waals surface area contributed by atoms with E-state index in [0.717, 1.165) is 22.5 Å². The summed E-state index contributed by atoms with van der Waals surface area (Å²) in [7, 11) is -3.14. The highest BCUT2D eigenvalue weighted by Gasteiger charge is 2.54. The van der Waals surface area contributed by atoms with E-state index in [0.29, 0.717) is 5.69 Å². The van der Waals surface area contributed by atoms with E-state index in [-0.39, 0.29) is 21.7 Å². The Morgan fingerprint density at radius 1 is 1.37 bits per heavy atom. The molecular formula is C22H26N9O8S2+. The molecule has 2 atom stereocenters. The quantitative estimate of drug-likeness (QED) is 0.0705. The number of rotatable bonds is 10. The molecule has 5 N–H and O–H groups in total. The molecule has 0 bridgehead atoms. The fourth-order valence-electron chi connectivity index (χ4n) is 3.88. The maximum atomic E-state index is 13.2. The number of aryl methyl sites for hydroxylation is 2. The Balaban J connectivity index is 1.61. The van der Waals surface area contributed by atoms with Gasteiger partial charge in [0.15, 0.2) is 23.2 Å². The summed E-state index contributed by atoms with van der Waals surface area (Å²) < 4.78 is 36.9. The number of thiazole rings is 1. The summed E-state index contributed by atoms with van der Waals surface area (Å²) in [5.41, 5.74) is 5.37. The predicted octanol–water partition coefficient (Wildman–Crippen LogP) is -1.10. The van der Waals surface area contributed by atoms with Crippen LogP contribution < -0.4 is 15.6 Å². The lowest BCUT2D eigenvalue weighted by molar-refractivity contribution is -0.671. The van der Waals surface area contributed by atoms with Gasteiger partial charge in [-0.05, 0) is 20.8 Å². The number of β-lactam (4-membered cyclic amide) rings is 1. The van der Waals surface area contributed by atoms with Gasteiger partial charge in [0.05, 0.1) is 18.8 Å². The van der Waals surface area contributed by atoms with Crippen molar-refractivity contribution >= 4 is 50.3 Å². The van der Waals surface area contributed by atoms with Crippen LogP contribution >= 0.6 is 11.3 Å². The summed E-state index contributed by atoms with van der Waals surface area (Å²) in [6.45, 7) is 3.99. The number of hydrogen-bond acceptors (Lipinski definition) is 12. The summed E-state index contributed by atoms with van der Waals surface area (Å²) in [5, 5.41) is 24.9. The van der Waals surface area contributed by atoms with Crippen molar-refractivity contribution in [1.29, 1.82) is 0 Å². The number of hydrogen-bond donors (Lipinski definition) is 4. The molecule has 218 valence electrons. The van der Waals surface area contributed by atoms with Crippen molar-refractivity contribution < 1.29 is 41.9 Å². The van der Waals surface area contributed by atoms with Crippen LogP contribution in [0.4, 0.5) is 5.13 Å². The molecule has 1 fully saturated rings. The zero-order chi connectivity index (χ0) is 30.3. The van der Waals surface area contributed by atoms with E-state index in [1.54, 1.807) is 0 Å². The monoisotopic (exact) mass is 608 g/mol. The molecule has 0 radical (unpaired) electrons. The van der Waals surface area contributed by atoms with Crippen molar-refractivity contribution in [3.8, 4) is 11.3 Å². The molecule has 3 aromatic heterocycles. The van der Waals surface area contributed by atoms with Gasteiger partial charge in [-0.15, -0.1) is 16.4 Å². The van der Waals surface area contributed by atoms with E-state index in [4.69, 9.17) is 10.6 Å². The molecule has 2 unspecified atom stereocenters. The first-order chi connectivity index (χ1) is 19.1. The number of carbonyl (C=O) groups excluding carboxylic acids is 2. The fraction of sp³-hybridized carbons (Fsp3) is 0.364. The molecule has 4 rings (SSSR count). The molecule has 1 aliphatic rings. The van der Waals surface area contributed by atoms with Crippen molar-refractivity contribution in [3.05, 3.63) is 41.3 Å². The molecule has 2 amide bonds. The molecule has 0 spiro atoms. The van der Waals surface area contributed by atoms with Crippen molar-refractivity contribution in [2.45, 2.75) is 45.0 Å². The van der Waals surface area contributed by atoms with Gasteiger partial charge in [0.2, 0.25) is 5.60 Å². The second kappa shape index (κ2) is 10.8. The summed E-state index contributed by atoms with van der Waals surface area (Å²) in [6, 6.07) is -0.934. The van der Waals surface area contributed by atoms with Crippen LogP contribution in [-0.4, -0.2) is 83.5 Å². The van der Waals surface area contributed by atoms with Crippen LogP contribution in [0.3, 0.4) is 0 Å². The van der Waals surface area contributed by atoms with E-state index in [9.17, 15) is 32.5 Å². The molecular weight excluding hydrogens is 582 g/mol. The van der Waals surface area contributed by atoms with Gasteiger partial charge in [-0.25, -0.2) is 23.3 Å². The normalized spacial score (nSPS) is 17.7. The molecule has 1 aliphatic heterocycles. The topological polar surface area (TPSA) is 236 Å². The number of amides is 2. The molecule has 4 heterocycles. The lowest BCUT2D eigenvalue weighted by atomic mass is 9.98. The molecule has 41 heavy (non-hydrogen) atoms. The number of anilines is 1. The number of carboxylic acids is 1. The van der Waals surface area contributed by atoms with Crippen LogP contribution in [0.5, 0.6) is 0 Å². The number of nitrogens with zero attached hydrogens (tertiary/aromatic N) is 7. The smallest absolute Gasteiger partial charge is 0.362 e. The highest BCUT2D eigenvalue weighted by atomic mass is 32.2. The number of pyridine rings is 1. The zero-order valence-corrected chi connectivity index (χ0v) is 23.7. The Bertz CT molecular complexity index is 1660. The zero-order valence-electron chi connectivity index (χ0n) is 22.1. The second-order valence-electron chi connectivity index (χ2n) is 9.58. The number of nitrogens with two attached hydrogens (primary N) is 1. The molecule has 1 saturated heterocycles. The highest BCUT2D eigenvalue weighted by molar-refractivity contribution is 7.84. The predicted molar refractivity (Wildman–Crippen MR) is 141 cm³/mol. The molecule has 0 aliphatic carbocycles. The first-order valence-electron chi connectivity index (χ1n) is 11.8. The number of oxime groups is 1. The van der Waals surface area contributed by atoms with E-state index >= 15 is 0 Å². The van der Waals surface area contributed by atoms with Gasteiger partial charge in [0.25, 0.3) is 11.8 Å².